The molecule has 1 aliphatic carbocycles. The second kappa shape index (κ2) is 10.1. The van der Waals surface area contributed by atoms with Crippen LogP contribution < -0.4 is 10.0 Å². The molecule has 1 fully saturated rings. The molecule has 172 valence electrons. The summed E-state index contributed by atoms with van der Waals surface area (Å²) in [7, 11) is -3.70. The average molecular weight is 491 g/mol. The van der Waals surface area contributed by atoms with E-state index in [1.54, 1.807) is 6.07 Å². The zero-order valence-electron chi connectivity index (χ0n) is 18.7. The molecule has 1 aromatic heterocycles. The Hall–Kier alpha value is -1.60. The van der Waals surface area contributed by atoms with Crippen molar-refractivity contribution in [2.45, 2.75) is 69.2 Å². The number of hydrogen-bond donors (Lipinski definition) is 2. The van der Waals surface area contributed by atoms with E-state index in [0.29, 0.717) is 27.5 Å². The van der Waals surface area contributed by atoms with Crippen LogP contribution in [-0.2, 0) is 16.6 Å². The van der Waals surface area contributed by atoms with Crippen molar-refractivity contribution < 1.29 is 8.42 Å². The Balaban J connectivity index is 1.48. The van der Waals surface area contributed by atoms with E-state index in [1.165, 1.54) is 49.9 Å². The zero-order valence-corrected chi connectivity index (χ0v) is 21.0. The van der Waals surface area contributed by atoms with E-state index in [2.05, 4.69) is 17.0 Å². The van der Waals surface area contributed by atoms with Crippen LogP contribution in [0.25, 0.3) is 10.1 Å². The van der Waals surface area contributed by atoms with Gasteiger partial charge in [0.1, 0.15) is 4.21 Å². The number of halogens is 1. The molecule has 0 spiro atoms. The first-order valence-electron chi connectivity index (χ1n) is 11.4. The molecule has 3 aromatic rings. The van der Waals surface area contributed by atoms with Crippen molar-refractivity contribution in [3.05, 3.63) is 58.6 Å². The normalized spacial score (nSPS) is 16.3. The van der Waals surface area contributed by atoms with Gasteiger partial charge in [-0.25, -0.2) is 8.42 Å². The maximum absolute atomic E-state index is 13.3. The Morgan fingerprint density at radius 2 is 1.88 bits per heavy atom. The minimum atomic E-state index is -3.70. The van der Waals surface area contributed by atoms with Crippen molar-refractivity contribution in [1.82, 2.24) is 5.32 Å². The van der Waals surface area contributed by atoms with E-state index in [9.17, 15) is 8.42 Å². The highest BCUT2D eigenvalue weighted by molar-refractivity contribution is 7.94. The summed E-state index contributed by atoms with van der Waals surface area (Å²) in [5, 5.41) is 5.09. The van der Waals surface area contributed by atoms with Crippen LogP contribution in [0.3, 0.4) is 0 Å². The molecular weight excluding hydrogens is 460 g/mol. The number of rotatable bonds is 8. The summed E-state index contributed by atoms with van der Waals surface area (Å²) in [6.07, 6.45) is 7.93. The smallest absolute Gasteiger partial charge is 0.271 e. The number of thiophene rings is 1. The molecule has 32 heavy (non-hydrogen) atoms. The van der Waals surface area contributed by atoms with Gasteiger partial charge in [0.25, 0.3) is 10.0 Å². The van der Waals surface area contributed by atoms with Gasteiger partial charge in [-0.1, -0.05) is 61.9 Å². The molecule has 2 N–H and O–H groups in total. The molecule has 0 saturated heterocycles. The summed E-state index contributed by atoms with van der Waals surface area (Å²) in [6, 6.07) is 13.5. The maximum Gasteiger partial charge on any atom is 0.271 e. The highest BCUT2D eigenvalue weighted by atomic mass is 35.5. The molecule has 1 atom stereocenters. The van der Waals surface area contributed by atoms with Crippen molar-refractivity contribution >= 4 is 48.7 Å². The fourth-order valence-electron chi connectivity index (χ4n) is 4.68. The number of benzene rings is 2. The van der Waals surface area contributed by atoms with Crippen LogP contribution in [0.15, 0.2) is 46.7 Å². The second-order valence-electron chi connectivity index (χ2n) is 8.94. The Kier molecular flexibility index (Phi) is 7.45. The van der Waals surface area contributed by atoms with E-state index in [-0.39, 0.29) is 0 Å². The molecule has 7 heteroatoms. The van der Waals surface area contributed by atoms with Crippen LogP contribution in [0.5, 0.6) is 0 Å². The number of fused-ring (bicyclic) bond motifs is 1. The number of sulfonamides is 1. The largest absolute Gasteiger partial charge is 0.310 e. The van der Waals surface area contributed by atoms with Gasteiger partial charge in [-0.2, -0.15) is 0 Å². The fraction of sp³-hybridized carbons (Fsp3) is 0.440. The van der Waals surface area contributed by atoms with E-state index < -0.39 is 10.0 Å². The molecule has 4 nitrogen and oxygen atoms in total. The van der Waals surface area contributed by atoms with Crippen LogP contribution in [0.4, 0.5) is 5.69 Å². The predicted octanol–water partition coefficient (Wildman–Crippen LogP) is 7.11. The highest BCUT2D eigenvalue weighted by Gasteiger charge is 2.23. The Morgan fingerprint density at radius 1 is 1.12 bits per heavy atom. The second-order valence-corrected chi connectivity index (χ2v) is 12.3. The lowest BCUT2D eigenvalue weighted by atomic mass is 9.85. The van der Waals surface area contributed by atoms with Gasteiger partial charge in [-0.15, -0.1) is 11.3 Å². The summed E-state index contributed by atoms with van der Waals surface area (Å²) in [5.74, 6) is 0.810. The maximum atomic E-state index is 13.3. The van der Waals surface area contributed by atoms with Crippen LogP contribution in [0.1, 0.15) is 56.6 Å². The van der Waals surface area contributed by atoms with Gasteiger partial charge in [0.15, 0.2) is 0 Å². The molecule has 0 aliphatic heterocycles. The molecule has 1 saturated carbocycles. The van der Waals surface area contributed by atoms with E-state index in [0.717, 1.165) is 27.1 Å². The number of nitrogens with one attached hydrogen (secondary N) is 2. The van der Waals surface area contributed by atoms with Gasteiger partial charge in [0, 0.05) is 22.3 Å². The lowest BCUT2D eigenvalue weighted by Gasteiger charge is -2.25. The highest BCUT2D eigenvalue weighted by Crippen LogP contribution is 2.36. The molecule has 2 aromatic carbocycles. The molecule has 0 unspecified atom stereocenters. The van der Waals surface area contributed by atoms with E-state index >= 15 is 0 Å². The molecule has 0 amide bonds. The molecule has 4 rings (SSSR count). The van der Waals surface area contributed by atoms with Crippen molar-refractivity contribution in [2.75, 3.05) is 4.72 Å². The summed E-state index contributed by atoms with van der Waals surface area (Å²) in [6.45, 7) is 4.70. The number of para-hydroxylation sites is 1. The van der Waals surface area contributed by atoms with Crippen molar-refractivity contribution in [1.29, 1.82) is 0 Å². The van der Waals surface area contributed by atoms with Crippen LogP contribution in [-0.4, -0.2) is 14.5 Å². The minimum absolute atomic E-state index is 0.336. The van der Waals surface area contributed by atoms with E-state index in [4.69, 9.17) is 11.6 Å². The number of anilines is 1. The van der Waals surface area contributed by atoms with Gasteiger partial charge < -0.3 is 5.32 Å². The molecule has 1 heterocycles. The van der Waals surface area contributed by atoms with Gasteiger partial charge >= 0.3 is 0 Å². The third-order valence-electron chi connectivity index (χ3n) is 6.41. The van der Waals surface area contributed by atoms with Crippen molar-refractivity contribution in [3.63, 3.8) is 0 Å². The summed E-state index contributed by atoms with van der Waals surface area (Å²) >= 11 is 7.40. The van der Waals surface area contributed by atoms with Crippen LogP contribution in [0.2, 0.25) is 5.02 Å². The lowest BCUT2D eigenvalue weighted by Crippen LogP contribution is -2.29. The Labute approximate surface area is 200 Å². The molecular formula is C25H31ClN2O2S2. The first kappa shape index (κ1) is 23.6. The molecule has 0 radical (unpaired) electrons. The van der Waals surface area contributed by atoms with Crippen molar-refractivity contribution in [3.8, 4) is 0 Å². The molecule has 0 bridgehead atoms. The average Bonchev–Trinajstić information content (AvgIpc) is 3.10. The van der Waals surface area contributed by atoms with Gasteiger partial charge in [0.2, 0.25) is 0 Å². The molecule has 1 aliphatic rings. The van der Waals surface area contributed by atoms with Gasteiger partial charge in [0.05, 0.1) is 5.69 Å². The number of hydrogen-bond acceptors (Lipinski definition) is 4. The van der Waals surface area contributed by atoms with Crippen LogP contribution in [0, 0.1) is 12.8 Å². The van der Waals surface area contributed by atoms with Gasteiger partial charge in [-0.3, -0.25) is 4.72 Å². The summed E-state index contributed by atoms with van der Waals surface area (Å²) in [4.78, 5) is 0. The predicted molar refractivity (Wildman–Crippen MR) is 136 cm³/mol. The van der Waals surface area contributed by atoms with Crippen LogP contribution >= 0.6 is 22.9 Å². The van der Waals surface area contributed by atoms with Crippen molar-refractivity contribution in [2.24, 2.45) is 5.92 Å². The van der Waals surface area contributed by atoms with E-state index in [1.807, 2.05) is 43.3 Å². The first-order valence-corrected chi connectivity index (χ1v) is 14.0. The number of aryl methyl sites for hydroxylation is 1. The van der Waals surface area contributed by atoms with Gasteiger partial charge in [-0.05, 0) is 67.0 Å². The standard InChI is InChI=1S/C25H31ClN2O2S2/c1-17(14-19-8-4-3-5-9-19)27-16-20-10-6-7-11-23(20)28-32(29,30)25-18(2)22-15-21(26)12-13-24(22)31-25/h6-7,10-13,15,17,19,27-28H,3-5,8-9,14,16H2,1-2H3/t17-/m0/s1. The Morgan fingerprint density at radius 3 is 2.66 bits per heavy atom. The fourth-order valence-corrected chi connectivity index (χ4v) is 7.70. The lowest BCUT2D eigenvalue weighted by molar-refractivity contribution is 0.305. The monoisotopic (exact) mass is 490 g/mol. The SMILES string of the molecule is Cc1c(S(=O)(=O)Nc2ccccc2CN[C@@H](C)CC2CCCCC2)sc2ccc(Cl)cc12. The zero-order chi connectivity index (χ0) is 22.7. The summed E-state index contributed by atoms with van der Waals surface area (Å²) in [5.41, 5.74) is 2.31. The topological polar surface area (TPSA) is 58.2 Å². The summed E-state index contributed by atoms with van der Waals surface area (Å²) < 4.78 is 30.6. The third kappa shape index (κ3) is 5.48. The Bertz CT molecular complexity index is 1180. The first-order chi connectivity index (χ1) is 15.3. The minimum Gasteiger partial charge on any atom is -0.310 e. The quantitative estimate of drug-likeness (QED) is 0.353. The third-order valence-corrected chi connectivity index (χ3v) is 9.91.